The molecule has 2 atom stereocenters. The molecule has 2 fully saturated rings. The average Bonchev–Trinajstić information content (AvgIpc) is 3.34. The first-order chi connectivity index (χ1) is 12.4. The lowest BCUT2D eigenvalue weighted by Crippen LogP contribution is -2.36. The number of ether oxygens (including phenoxy) is 2. The summed E-state index contributed by atoms with van der Waals surface area (Å²) in [6, 6.07) is 11.9. The molecule has 4 heterocycles. The van der Waals surface area contributed by atoms with Crippen molar-refractivity contribution in [2.75, 3.05) is 19.9 Å². The minimum Gasteiger partial charge on any atom is -0.454 e. The zero-order valence-electron chi connectivity index (χ0n) is 14.3. The molecule has 2 saturated heterocycles. The van der Waals surface area contributed by atoms with Crippen LogP contribution < -0.4 is 9.47 Å². The van der Waals surface area contributed by atoms with Gasteiger partial charge in [-0.2, -0.15) is 0 Å². The first kappa shape index (κ1) is 15.2. The minimum atomic E-state index is 0.344. The maximum Gasteiger partial charge on any atom is 0.231 e. The van der Waals surface area contributed by atoms with Crippen LogP contribution in [0.2, 0.25) is 0 Å². The van der Waals surface area contributed by atoms with Gasteiger partial charge in [-0.3, -0.25) is 14.8 Å². The standard InChI is InChI=1S/C20H23N3O2/c1-2-16(11-21-7-1)13-23-9-6-17-18(23)5-8-22(17)12-15-3-4-19-20(10-15)25-14-24-19/h1-4,7,10-11,17-18H,5-6,8-9,12-14H2/t17-,18+/m1/s1. The van der Waals surface area contributed by atoms with E-state index >= 15 is 0 Å². The van der Waals surface area contributed by atoms with Gasteiger partial charge in [0.25, 0.3) is 0 Å². The molecular formula is C20H23N3O2. The highest BCUT2D eigenvalue weighted by atomic mass is 16.7. The van der Waals surface area contributed by atoms with Gasteiger partial charge in [-0.25, -0.2) is 0 Å². The number of hydrogen-bond acceptors (Lipinski definition) is 5. The number of pyridine rings is 1. The first-order valence-corrected chi connectivity index (χ1v) is 9.12. The molecule has 5 heteroatoms. The Morgan fingerprint density at radius 3 is 2.44 bits per heavy atom. The Hall–Kier alpha value is -2.11. The number of hydrogen-bond donors (Lipinski definition) is 0. The zero-order chi connectivity index (χ0) is 16.6. The highest BCUT2D eigenvalue weighted by Gasteiger charge is 2.42. The van der Waals surface area contributed by atoms with Gasteiger partial charge in [0.15, 0.2) is 11.5 Å². The fourth-order valence-electron chi connectivity index (χ4n) is 4.56. The van der Waals surface area contributed by atoms with Crippen LogP contribution in [0.5, 0.6) is 11.5 Å². The van der Waals surface area contributed by atoms with E-state index in [1.165, 1.54) is 37.1 Å². The van der Waals surface area contributed by atoms with Crippen LogP contribution in [0.3, 0.4) is 0 Å². The number of aromatic nitrogens is 1. The van der Waals surface area contributed by atoms with Gasteiger partial charge in [-0.05, 0) is 42.2 Å². The van der Waals surface area contributed by atoms with E-state index in [0.29, 0.717) is 18.9 Å². The topological polar surface area (TPSA) is 37.8 Å². The van der Waals surface area contributed by atoms with Crippen molar-refractivity contribution in [3.63, 3.8) is 0 Å². The van der Waals surface area contributed by atoms with Crippen LogP contribution in [0.4, 0.5) is 0 Å². The number of likely N-dealkylation sites (tertiary alicyclic amines) is 2. The Labute approximate surface area is 148 Å². The number of rotatable bonds is 4. The Kier molecular flexibility index (Phi) is 3.83. The van der Waals surface area contributed by atoms with E-state index in [9.17, 15) is 0 Å². The molecule has 3 aliphatic heterocycles. The summed E-state index contributed by atoms with van der Waals surface area (Å²) in [5, 5.41) is 0. The van der Waals surface area contributed by atoms with E-state index < -0.39 is 0 Å². The van der Waals surface area contributed by atoms with Gasteiger partial charge in [0, 0.05) is 50.7 Å². The van der Waals surface area contributed by atoms with Crippen LogP contribution in [-0.4, -0.2) is 46.7 Å². The van der Waals surface area contributed by atoms with Gasteiger partial charge in [0.2, 0.25) is 6.79 Å². The second-order valence-corrected chi connectivity index (χ2v) is 7.20. The lowest BCUT2D eigenvalue weighted by Gasteiger charge is -2.25. The molecule has 1 aromatic carbocycles. The van der Waals surface area contributed by atoms with Crippen molar-refractivity contribution in [1.82, 2.24) is 14.8 Å². The molecule has 0 radical (unpaired) electrons. The molecule has 5 nitrogen and oxygen atoms in total. The van der Waals surface area contributed by atoms with Crippen molar-refractivity contribution in [2.45, 2.75) is 38.0 Å². The van der Waals surface area contributed by atoms with Crippen molar-refractivity contribution in [2.24, 2.45) is 0 Å². The van der Waals surface area contributed by atoms with E-state index in [1.807, 2.05) is 24.5 Å². The highest BCUT2D eigenvalue weighted by Crippen LogP contribution is 2.36. The fraction of sp³-hybridized carbons (Fsp3) is 0.450. The average molecular weight is 337 g/mol. The maximum atomic E-state index is 5.52. The number of nitrogens with zero attached hydrogens (tertiary/aromatic N) is 3. The molecule has 1 aromatic heterocycles. The summed E-state index contributed by atoms with van der Waals surface area (Å²) in [5.41, 5.74) is 2.63. The predicted octanol–water partition coefficient (Wildman–Crippen LogP) is 2.66. The van der Waals surface area contributed by atoms with Crippen molar-refractivity contribution >= 4 is 0 Å². The Bertz CT molecular complexity index is 752. The molecule has 130 valence electrons. The minimum absolute atomic E-state index is 0.344. The molecular weight excluding hydrogens is 314 g/mol. The Morgan fingerprint density at radius 1 is 0.920 bits per heavy atom. The molecule has 3 aliphatic rings. The molecule has 5 rings (SSSR count). The molecule has 25 heavy (non-hydrogen) atoms. The van der Waals surface area contributed by atoms with Crippen LogP contribution in [-0.2, 0) is 13.1 Å². The van der Waals surface area contributed by atoms with Crippen molar-refractivity contribution in [1.29, 1.82) is 0 Å². The van der Waals surface area contributed by atoms with E-state index in [4.69, 9.17) is 9.47 Å². The zero-order valence-corrected chi connectivity index (χ0v) is 14.3. The van der Waals surface area contributed by atoms with Crippen LogP contribution in [0, 0.1) is 0 Å². The molecule has 0 bridgehead atoms. The summed E-state index contributed by atoms with van der Waals surface area (Å²) in [7, 11) is 0. The summed E-state index contributed by atoms with van der Waals surface area (Å²) >= 11 is 0. The van der Waals surface area contributed by atoms with E-state index in [-0.39, 0.29) is 0 Å². The Morgan fingerprint density at radius 2 is 1.68 bits per heavy atom. The third kappa shape index (κ3) is 2.87. The number of benzene rings is 1. The highest BCUT2D eigenvalue weighted by molar-refractivity contribution is 5.44. The third-order valence-corrected chi connectivity index (χ3v) is 5.74. The summed E-state index contributed by atoms with van der Waals surface area (Å²) in [6.45, 7) is 4.72. The van der Waals surface area contributed by atoms with E-state index in [2.05, 4.69) is 33.0 Å². The molecule has 0 amide bonds. The summed E-state index contributed by atoms with van der Waals surface area (Å²) in [6.07, 6.45) is 6.36. The van der Waals surface area contributed by atoms with Crippen molar-refractivity contribution < 1.29 is 9.47 Å². The summed E-state index contributed by atoms with van der Waals surface area (Å²) in [5.74, 6) is 1.75. The monoisotopic (exact) mass is 337 g/mol. The quantitative estimate of drug-likeness (QED) is 0.857. The normalized spacial score (nSPS) is 25.4. The van der Waals surface area contributed by atoms with Gasteiger partial charge < -0.3 is 9.47 Å². The summed E-state index contributed by atoms with van der Waals surface area (Å²) in [4.78, 5) is 9.54. The lowest BCUT2D eigenvalue weighted by molar-refractivity contribution is 0.174. The van der Waals surface area contributed by atoms with Crippen molar-refractivity contribution in [3.8, 4) is 11.5 Å². The fourth-order valence-corrected chi connectivity index (χ4v) is 4.56. The van der Waals surface area contributed by atoms with Gasteiger partial charge in [-0.1, -0.05) is 12.1 Å². The van der Waals surface area contributed by atoms with Gasteiger partial charge in [0.1, 0.15) is 0 Å². The maximum absolute atomic E-state index is 5.52. The molecule has 0 aliphatic carbocycles. The second kappa shape index (κ2) is 6.32. The molecule has 0 saturated carbocycles. The summed E-state index contributed by atoms with van der Waals surface area (Å²) < 4.78 is 10.9. The van der Waals surface area contributed by atoms with Crippen LogP contribution >= 0.6 is 0 Å². The van der Waals surface area contributed by atoms with Crippen LogP contribution in [0.25, 0.3) is 0 Å². The van der Waals surface area contributed by atoms with Gasteiger partial charge in [-0.15, -0.1) is 0 Å². The first-order valence-electron chi connectivity index (χ1n) is 9.12. The molecule has 2 aromatic rings. The SMILES string of the molecule is c1cncc(CN2CC[C@@H]3[C@@H]2CCN3Cc2ccc3c(c2)OCO3)c1. The lowest BCUT2D eigenvalue weighted by atomic mass is 10.1. The smallest absolute Gasteiger partial charge is 0.231 e. The molecule has 0 N–H and O–H groups in total. The number of fused-ring (bicyclic) bond motifs is 2. The van der Waals surface area contributed by atoms with E-state index in [0.717, 1.165) is 24.6 Å². The van der Waals surface area contributed by atoms with Gasteiger partial charge in [0.05, 0.1) is 0 Å². The second-order valence-electron chi connectivity index (χ2n) is 7.20. The predicted molar refractivity (Wildman–Crippen MR) is 94.4 cm³/mol. The third-order valence-electron chi connectivity index (χ3n) is 5.74. The molecule has 0 spiro atoms. The largest absolute Gasteiger partial charge is 0.454 e. The van der Waals surface area contributed by atoms with Gasteiger partial charge >= 0.3 is 0 Å². The van der Waals surface area contributed by atoms with Crippen LogP contribution in [0.1, 0.15) is 24.0 Å². The van der Waals surface area contributed by atoms with Crippen LogP contribution in [0.15, 0.2) is 42.7 Å². The van der Waals surface area contributed by atoms with Crippen molar-refractivity contribution in [3.05, 3.63) is 53.9 Å². The Balaban J connectivity index is 1.25. The van der Waals surface area contributed by atoms with E-state index in [1.54, 1.807) is 0 Å². The molecule has 0 unspecified atom stereocenters.